The molecule has 0 fully saturated rings. The molecule has 2 heterocycles. The summed E-state index contributed by atoms with van der Waals surface area (Å²) in [5.74, 6) is -0.598. The number of hydrogen-bond donors (Lipinski definition) is 2. The topological polar surface area (TPSA) is 83.6 Å². The van der Waals surface area contributed by atoms with Crippen molar-refractivity contribution in [2.75, 3.05) is 0 Å². The van der Waals surface area contributed by atoms with Gasteiger partial charge in [-0.15, -0.1) is 0 Å². The van der Waals surface area contributed by atoms with Gasteiger partial charge in [0.15, 0.2) is 16.9 Å². The van der Waals surface area contributed by atoms with E-state index in [0.717, 1.165) is 0 Å². The third kappa shape index (κ3) is 1.91. The van der Waals surface area contributed by atoms with Crippen molar-refractivity contribution in [1.82, 2.24) is 4.98 Å². The number of fused-ring (bicyclic) bond motifs is 1. The molecule has 3 aromatic rings. The van der Waals surface area contributed by atoms with Crippen LogP contribution in [0, 0.1) is 0 Å². The maximum Gasteiger partial charge on any atom is 0.254 e. The molecule has 5 nitrogen and oxygen atoms in total. The molecule has 0 saturated carbocycles. The average Bonchev–Trinajstić information content (AvgIpc) is 2.42. The monoisotopic (exact) mass is 255 g/mol. The van der Waals surface area contributed by atoms with Gasteiger partial charge in [0.1, 0.15) is 11.3 Å². The Morgan fingerprint density at radius 2 is 1.84 bits per heavy atom. The molecule has 0 bridgehead atoms. The molecule has 94 valence electrons. The van der Waals surface area contributed by atoms with Crippen LogP contribution in [0.25, 0.3) is 22.4 Å². The van der Waals surface area contributed by atoms with Crippen LogP contribution in [-0.4, -0.2) is 15.2 Å². The number of pyridine rings is 1. The van der Waals surface area contributed by atoms with Gasteiger partial charge in [-0.2, -0.15) is 0 Å². The molecule has 0 amide bonds. The van der Waals surface area contributed by atoms with E-state index in [1.165, 1.54) is 18.2 Å². The Labute approximate surface area is 107 Å². The molecule has 2 N–H and O–H groups in total. The van der Waals surface area contributed by atoms with Crippen LogP contribution in [0.5, 0.6) is 11.6 Å². The lowest BCUT2D eigenvalue weighted by molar-refractivity contribution is 0.389. The van der Waals surface area contributed by atoms with E-state index in [4.69, 9.17) is 4.42 Å². The molecule has 0 atom stereocenters. The number of aromatic nitrogens is 1. The second kappa shape index (κ2) is 4.13. The van der Waals surface area contributed by atoms with Crippen molar-refractivity contribution in [3.8, 4) is 23.1 Å². The van der Waals surface area contributed by atoms with Crippen molar-refractivity contribution in [2.45, 2.75) is 0 Å². The summed E-state index contributed by atoms with van der Waals surface area (Å²) in [6.45, 7) is 0. The van der Waals surface area contributed by atoms with Crippen LogP contribution in [0.15, 0.2) is 51.7 Å². The van der Waals surface area contributed by atoms with Gasteiger partial charge in [0.2, 0.25) is 0 Å². The third-order valence-corrected chi connectivity index (χ3v) is 2.74. The molecule has 0 unspecified atom stereocenters. The first kappa shape index (κ1) is 11.3. The molecule has 0 spiro atoms. The summed E-state index contributed by atoms with van der Waals surface area (Å²) < 4.78 is 5.57. The van der Waals surface area contributed by atoms with Gasteiger partial charge in [0.05, 0.1) is 5.39 Å². The summed E-state index contributed by atoms with van der Waals surface area (Å²) in [5.41, 5.74) is 0.531. The molecular formula is C14H9NO4. The Morgan fingerprint density at radius 1 is 1.05 bits per heavy atom. The molecule has 2 aromatic heterocycles. The van der Waals surface area contributed by atoms with Crippen LogP contribution in [0.2, 0.25) is 0 Å². The molecule has 1 aromatic carbocycles. The van der Waals surface area contributed by atoms with Gasteiger partial charge < -0.3 is 14.6 Å². The van der Waals surface area contributed by atoms with Gasteiger partial charge in [-0.25, -0.2) is 4.98 Å². The highest BCUT2D eigenvalue weighted by Gasteiger charge is 2.10. The van der Waals surface area contributed by atoms with Crippen LogP contribution < -0.4 is 5.43 Å². The first-order chi connectivity index (χ1) is 9.15. The number of para-hydroxylation sites is 1. The van der Waals surface area contributed by atoms with E-state index in [9.17, 15) is 15.0 Å². The van der Waals surface area contributed by atoms with Crippen LogP contribution in [0.4, 0.5) is 0 Å². The highest BCUT2D eigenvalue weighted by Crippen LogP contribution is 2.27. The Balaban J connectivity index is 2.25. The zero-order chi connectivity index (χ0) is 13.4. The first-order valence-corrected chi connectivity index (χ1v) is 5.57. The average molecular weight is 255 g/mol. The first-order valence-electron chi connectivity index (χ1n) is 5.57. The van der Waals surface area contributed by atoms with Crippen LogP contribution >= 0.6 is 0 Å². The van der Waals surface area contributed by atoms with Crippen molar-refractivity contribution < 1.29 is 14.6 Å². The molecule has 0 aliphatic heterocycles. The maximum absolute atomic E-state index is 11.9. The van der Waals surface area contributed by atoms with E-state index in [-0.39, 0.29) is 22.6 Å². The predicted molar refractivity (Wildman–Crippen MR) is 69.0 cm³/mol. The van der Waals surface area contributed by atoms with Crippen molar-refractivity contribution in [1.29, 1.82) is 0 Å². The number of aromatic hydroxyl groups is 2. The van der Waals surface area contributed by atoms with Gasteiger partial charge in [0, 0.05) is 6.07 Å². The summed E-state index contributed by atoms with van der Waals surface area (Å²) in [6.07, 6.45) is 0. The summed E-state index contributed by atoms with van der Waals surface area (Å²) in [4.78, 5) is 15.7. The highest BCUT2D eigenvalue weighted by molar-refractivity contribution is 5.78. The van der Waals surface area contributed by atoms with E-state index < -0.39 is 5.88 Å². The lowest BCUT2D eigenvalue weighted by Gasteiger charge is -2.03. The van der Waals surface area contributed by atoms with Crippen molar-refractivity contribution in [3.05, 3.63) is 52.7 Å². The number of hydrogen-bond acceptors (Lipinski definition) is 5. The second-order valence-electron chi connectivity index (χ2n) is 4.01. The fraction of sp³-hybridized carbons (Fsp3) is 0. The van der Waals surface area contributed by atoms with Gasteiger partial charge in [-0.1, -0.05) is 12.1 Å². The lowest BCUT2D eigenvalue weighted by Crippen LogP contribution is -2.00. The Morgan fingerprint density at radius 3 is 2.63 bits per heavy atom. The zero-order valence-corrected chi connectivity index (χ0v) is 9.70. The van der Waals surface area contributed by atoms with E-state index in [1.54, 1.807) is 24.3 Å². The lowest BCUT2D eigenvalue weighted by atomic mass is 10.2. The molecule has 0 saturated heterocycles. The second-order valence-corrected chi connectivity index (χ2v) is 4.01. The van der Waals surface area contributed by atoms with Crippen molar-refractivity contribution in [3.63, 3.8) is 0 Å². The van der Waals surface area contributed by atoms with E-state index >= 15 is 0 Å². The summed E-state index contributed by atoms with van der Waals surface area (Å²) in [7, 11) is 0. The molecule has 0 aliphatic rings. The highest BCUT2D eigenvalue weighted by atomic mass is 16.3. The minimum Gasteiger partial charge on any atom is -0.503 e. The largest absolute Gasteiger partial charge is 0.503 e. The standard InChI is InChI=1S/C14H9NO4/c16-10-6-5-9(15-14(10)18)13-7-11(17)8-3-1-2-4-12(8)19-13/h1-7,16H,(H,15,18). The smallest absolute Gasteiger partial charge is 0.254 e. The Hall–Kier alpha value is -2.82. The number of benzene rings is 1. The third-order valence-electron chi connectivity index (χ3n) is 2.74. The SMILES string of the molecule is O=c1cc(-c2ccc(O)c(O)n2)oc2ccccc12. The molecule has 0 aliphatic carbocycles. The maximum atomic E-state index is 11.9. The molecule has 3 rings (SSSR count). The molecule has 19 heavy (non-hydrogen) atoms. The van der Waals surface area contributed by atoms with E-state index in [2.05, 4.69) is 4.98 Å². The predicted octanol–water partition coefficient (Wildman–Crippen LogP) is 2.27. The van der Waals surface area contributed by atoms with Crippen LogP contribution in [0.3, 0.4) is 0 Å². The quantitative estimate of drug-likeness (QED) is 0.696. The summed E-state index contributed by atoms with van der Waals surface area (Å²) >= 11 is 0. The zero-order valence-electron chi connectivity index (χ0n) is 9.70. The summed E-state index contributed by atoms with van der Waals surface area (Å²) in [5, 5.41) is 19.1. The van der Waals surface area contributed by atoms with Crippen LogP contribution in [-0.2, 0) is 0 Å². The van der Waals surface area contributed by atoms with Crippen LogP contribution in [0.1, 0.15) is 0 Å². The van der Waals surface area contributed by atoms with Gasteiger partial charge >= 0.3 is 0 Å². The molecule has 0 radical (unpaired) electrons. The molecular weight excluding hydrogens is 246 g/mol. The normalized spacial score (nSPS) is 10.7. The fourth-order valence-electron chi connectivity index (χ4n) is 1.81. The minimum absolute atomic E-state index is 0.189. The molecule has 5 heteroatoms. The summed E-state index contributed by atoms with van der Waals surface area (Å²) in [6, 6.07) is 10.9. The van der Waals surface area contributed by atoms with Gasteiger partial charge in [-0.3, -0.25) is 4.79 Å². The van der Waals surface area contributed by atoms with Crippen molar-refractivity contribution in [2.24, 2.45) is 0 Å². The Kier molecular flexibility index (Phi) is 2.45. The van der Waals surface area contributed by atoms with E-state index in [0.29, 0.717) is 11.0 Å². The van der Waals surface area contributed by atoms with Crippen molar-refractivity contribution >= 4 is 11.0 Å². The number of rotatable bonds is 1. The van der Waals surface area contributed by atoms with E-state index in [1.807, 2.05) is 0 Å². The van der Waals surface area contributed by atoms with Gasteiger partial charge in [-0.05, 0) is 24.3 Å². The van der Waals surface area contributed by atoms with Gasteiger partial charge in [0.25, 0.3) is 5.88 Å². The fourth-order valence-corrected chi connectivity index (χ4v) is 1.81. The number of nitrogens with zero attached hydrogens (tertiary/aromatic N) is 1. The Bertz CT molecular complexity index is 823. The minimum atomic E-state index is -0.506.